The number of carbonyl (C=O) groups is 2. The first-order valence-electron chi connectivity index (χ1n) is 6.40. The van der Waals surface area contributed by atoms with Gasteiger partial charge in [0.25, 0.3) is 0 Å². The first-order valence-corrected chi connectivity index (χ1v) is 6.40. The van der Waals surface area contributed by atoms with Crippen molar-refractivity contribution >= 4 is 11.8 Å². The number of hydrogen-bond donors (Lipinski definition) is 2. The summed E-state index contributed by atoms with van der Waals surface area (Å²) in [5.74, 6) is 0.251. The highest BCUT2D eigenvalue weighted by atomic mass is 16.2. The van der Waals surface area contributed by atoms with Gasteiger partial charge in [0.1, 0.15) is 0 Å². The van der Waals surface area contributed by atoms with Gasteiger partial charge in [-0.3, -0.25) is 14.5 Å². The van der Waals surface area contributed by atoms with Gasteiger partial charge in [-0.25, -0.2) is 0 Å². The smallest absolute Gasteiger partial charge is 0.246 e. The molecule has 1 aliphatic carbocycles. The van der Waals surface area contributed by atoms with E-state index < -0.39 is 0 Å². The number of rotatable bonds is 3. The number of likely N-dealkylation sites (N-methyl/N-ethyl adjacent to an activating group) is 1. The van der Waals surface area contributed by atoms with E-state index in [1.54, 1.807) is 7.05 Å². The van der Waals surface area contributed by atoms with E-state index in [-0.39, 0.29) is 17.9 Å². The molecule has 1 aliphatic heterocycles. The molecule has 5 nitrogen and oxygen atoms in total. The summed E-state index contributed by atoms with van der Waals surface area (Å²) in [5, 5.41) is 3.34. The Balaban J connectivity index is 1.96. The number of nitrogens with zero attached hydrogens (tertiary/aromatic N) is 1. The molecule has 0 aromatic rings. The first-order chi connectivity index (χ1) is 8.13. The third-order valence-corrected chi connectivity index (χ3v) is 4.01. The normalized spacial score (nSPS) is 34.5. The lowest BCUT2D eigenvalue weighted by Crippen LogP contribution is -2.49. The molecule has 0 bridgehead atoms. The number of hydrogen-bond acceptors (Lipinski definition) is 4. The number of amides is 2. The Bertz CT molecular complexity index is 319. The van der Waals surface area contributed by atoms with Gasteiger partial charge < -0.3 is 11.1 Å². The number of likely N-dealkylation sites (tertiary alicyclic amines) is 1. The van der Waals surface area contributed by atoms with Gasteiger partial charge >= 0.3 is 0 Å². The Hall–Kier alpha value is -0.940. The van der Waals surface area contributed by atoms with Crippen LogP contribution in [0.5, 0.6) is 0 Å². The van der Waals surface area contributed by atoms with E-state index in [1.165, 1.54) is 17.7 Å². The lowest BCUT2D eigenvalue weighted by molar-refractivity contribution is -0.137. The SMILES string of the molecule is CN1C(=O)CC(NC2CCCCC2CN)C1=O. The molecule has 3 unspecified atom stereocenters. The predicted molar refractivity (Wildman–Crippen MR) is 64.1 cm³/mol. The number of carbonyl (C=O) groups excluding carboxylic acids is 2. The van der Waals surface area contributed by atoms with E-state index >= 15 is 0 Å². The maximum absolute atomic E-state index is 11.8. The third kappa shape index (κ3) is 2.50. The van der Waals surface area contributed by atoms with Crippen molar-refractivity contribution in [1.29, 1.82) is 0 Å². The summed E-state index contributed by atoms with van der Waals surface area (Å²) < 4.78 is 0. The molecule has 5 heteroatoms. The summed E-state index contributed by atoms with van der Waals surface area (Å²) >= 11 is 0. The van der Waals surface area contributed by atoms with E-state index in [1.807, 2.05) is 0 Å². The topological polar surface area (TPSA) is 75.4 Å². The highest BCUT2D eigenvalue weighted by Crippen LogP contribution is 2.25. The molecule has 1 saturated carbocycles. The Morgan fingerprint density at radius 2 is 2.06 bits per heavy atom. The Morgan fingerprint density at radius 3 is 2.65 bits per heavy atom. The standard InChI is InChI=1S/C12H21N3O2/c1-15-11(16)6-10(12(15)17)14-9-5-3-2-4-8(9)7-13/h8-10,14H,2-7,13H2,1H3. The predicted octanol–water partition coefficient (Wildman–Crippen LogP) is -0.149. The highest BCUT2D eigenvalue weighted by molar-refractivity contribution is 6.05. The second-order valence-corrected chi connectivity index (χ2v) is 5.10. The van der Waals surface area contributed by atoms with Gasteiger partial charge in [-0.05, 0) is 25.3 Å². The van der Waals surface area contributed by atoms with Crippen molar-refractivity contribution in [3.05, 3.63) is 0 Å². The molecule has 2 rings (SSSR count). The fraction of sp³-hybridized carbons (Fsp3) is 0.833. The number of imide groups is 1. The molecule has 1 saturated heterocycles. The van der Waals surface area contributed by atoms with Crippen molar-refractivity contribution in [1.82, 2.24) is 10.2 Å². The van der Waals surface area contributed by atoms with Gasteiger partial charge in [-0.15, -0.1) is 0 Å². The Morgan fingerprint density at radius 1 is 1.35 bits per heavy atom. The molecule has 0 aromatic heterocycles. The zero-order chi connectivity index (χ0) is 12.4. The molecule has 2 aliphatic rings. The zero-order valence-corrected chi connectivity index (χ0v) is 10.3. The molecule has 3 N–H and O–H groups in total. The van der Waals surface area contributed by atoms with Crippen LogP contribution in [0.4, 0.5) is 0 Å². The lowest BCUT2D eigenvalue weighted by Gasteiger charge is -2.32. The van der Waals surface area contributed by atoms with E-state index in [2.05, 4.69) is 5.32 Å². The Labute approximate surface area is 102 Å². The molecule has 2 amide bonds. The van der Waals surface area contributed by atoms with Gasteiger partial charge in [0.15, 0.2) is 0 Å². The van der Waals surface area contributed by atoms with Gasteiger partial charge in [0.05, 0.1) is 12.5 Å². The molecule has 3 atom stereocenters. The number of nitrogens with one attached hydrogen (secondary N) is 1. The van der Waals surface area contributed by atoms with Crippen LogP contribution in [0.15, 0.2) is 0 Å². The molecular formula is C12H21N3O2. The van der Waals surface area contributed by atoms with Crippen molar-refractivity contribution in [2.75, 3.05) is 13.6 Å². The minimum atomic E-state index is -0.329. The van der Waals surface area contributed by atoms with E-state index in [4.69, 9.17) is 5.73 Å². The minimum Gasteiger partial charge on any atom is -0.330 e. The average molecular weight is 239 g/mol. The van der Waals surface area contributed by atoms with Crippen molar-refractivity contribution in [2.45, 2.75) is 44.2 Å². The van der Waals surface area contributed by atoms with Crippen molar-refractivity contribution in [2.24, 2.45) is 11.7 Å². The maximum Gasteiger partial charge on any atom is 0.246 e. The van der Waals surface area contributed by atoms with Gasteiger partial charge in [-0.2, -0.15) is 0 Å². The first kappa shape index (κ1) is 12.5. The summed E-state index contributed by atoms with van der Waals surface area (Å²) in [6.45, 7) is 0.655. The van der Waals surface area contributed by atoms with Crippen LogP contribution in [0.3, 0.4) is 0 Å². The molecule has 2 fully saturated rings. The highest BCUT2D eigenvalue weighted by Gasteiger charge is 2.38. The van der Waals surface area contributed by atoms with Gasteiger partial charge in [-0.1, -0.05) is 12.8 Å². The van der Waals surface area contributed by atoms with Crippen LogP contribution in [0.25, 0.3) is 0 Å². The Kier molecular flexibility index (Phi) is 3.79. The van der Waals surface area contributed by atoms with E-state index in [9.17, 15) is 9.59 Å². The quantitative estimate of drug-likeness (QED) is 0.672. The summed E-state index contributed by atoms with van der Waals surface area (Å²) in [7, 11) is 1.55. The van der Waals surface area contributed by atoms with E-state index in [0.29, 0.717) is 24.9 Å². The van der Waals surface area contributed by atoms with Crippen LogP contribution >= 0.6 is 0 Å². The van der Waals surface area contributed by atoms with Gasteiger partial charge in [0.2, 0.25) is 11.8 Å². The molecule has 17 heavy (non-hydrogen) atoms. The van der Waals surface area contributed by atoms with Crippen LogP contribution in [0, 0.1) is 5.92 Å². The lowest BCUT2D eigenvalue weighted by atomic mass is 9.84. The summed E-state index contributed by atoms with van der Waals surface area (Å²) in [6.07, 6.45) is 4.88. The van der Waals surface area contributed by atoms with Crippen LogP contribution in [-0.2, 0) is 9.59 Å². The minimum absolute atomic E-state index is 0.0902. The molecule has 0 radical (unpaired) electrons. The molecule has 96 valence electrons. The zero-order valence-electron chi connectivity index (χ0n) is 10.3. The van der Waals surface area contributed by atoms with Crippen LogP contribution < -0.4 is 11.1 Å². The van der Waals surface area contributed by atoms with Crippen molar-refractivity contribution in [3.8, 4) is 0 Å². The molecule has 1 heterocycles. The fourth-order valence-corrected chi connectivity index (χ4v) is 2.85. The summed E-state index contributed by atoms with van der Waals surface area (Å²) in [5.41, 5.74) is 5.75. The van der Waals surface area contributed by atoms with Gasteiger partial charge in [0, 0.05) is 13.1 Å². The van der Waals surface area contributed by atoms with Crippen molar-refractivity contribution < 1.29 is 9.59 Å². The largest absolute Gasteiger partial charge is 0.330 e. The van der Waals surface area contributed by atoms with E-state index in [0.717, 1.165) is 12.8 Å². The summed E-state index contributed by atoms with van der Waals surface area (Å²) in [6, 6.07) is -0.0355. The van der Waals surface area contributed by atoms with Crippen molar-refractivity contribution in [3.63, 3.8) is 0 Å². The second kappa shape index (κ2) is 5.14. The molecular weight excluding hydrogens is 218 g/mol. The summed E-state index contributed by atoms with van der Waals surface area (Å²) in [4.78, 5) is 24.4. The fourth-order valence-electron chi connectivity index (χ4n) is 2.85. The van der Waals surface area contributed by atoms with Crippen LogP contribution in [0.1, 0.15) is 32.1 Å². The molecule has 0 aromatic carbocycles. The van der Waals surface area contributed by atoms with Crippen LogP contribution in [-0.4, -0.2) is 42.4 Å². The maximum atomic E-state index is 11.8. The third-order valence-electron chi connectivity index (χ3n) is 4.01. The second-order valence-electron chi connectivity index (χ2n) is 5.10. The van der Waals surface area contributed by atoms with Crippen LogP contribution in [0.2, 0.25) is 0 Å². The average Bonchev–Trinajstić information content (AvgIpc) is 2.58. The number of nitrogens with two attached hydrogens (primary N) is 1. The monoisotopic (exact) mass is 239 g/mol. The molecule has 0 spiro atoms.